The average Bonchev–Trinajstić information content (AvgIpc) is 3.06. The zero-order valence-electron chi connectivity index (χ0n) is 16.5. The SMILES string of the molecule is Cc1nnc(-c2ccc3c(N4CCNC(C)C4)cc(SNC4(C)CC4)cn23)o1. The van der Waals surface area contributed by atoms with Gasteiger partial charge >= 0.3 is 0 Å². The van der Waals surface area contributed by atoms with Crippen LogP contribution in [0.4, 0.5) is 5.69 Å². The van der Waals surface area contributed by atoms with Gasteiger partial charge in [-0.1, -0.05) is 0 Å². The van der Waals surface area contributed by atoms with Gasteiger partial charge in [-0.15, -0.1) is 10.2 Å². The van der Waals surface area contributed by atoms with E-state index in [9.17, 15) is 0 Å². The second kappa shape index (κ2) is 6.79. The number of piperazine rings is 1. The summed E-state index contributed by atoms with van der Waals surface area (Å²) < 4.78 is 11.5. The number of pyridine rings is 1. The van der Waals surface area contributed by atoms with Crippen LogP contribution in [-0.4, -0.2) is 45.8 Å². The first-order valence-corrected chi connectivity index (χ1v) is 10.7. The number of rotatable bonds is 5. The predicted octanol–water partition coefficient (Wildman–Crippen LogP) is 3.25. The van der Waals surface area contributed by atoms with Crippen molar-refractivity contribution >= 4 is 23.2 Å². The van der Waals surface area contributed by atoms with Gasteiger partial charge in [0.25, 0.3) is 5.89 Å². The van der Waals surface area contributed by atoms with Crippen molar-refractivity contribution in [2.45, 2.75) is 50.1 Å². The summed E-state index contributed by atoms with van der Waals surface area (Å²) in [6.07, 6.45) is 4.64. The lowest BCUT2D eigenvalue weighted by Crippen LogP contribution is -2.49. The minimum absolute atomic E-state index is 0.270. The molecule has 1 saturated carbocycles. The topological polar surface area (TPSA) is 70.6 Å². The van der Waals surface area contributed by atoms with E-state index >= 15 is 0 Å². The van der Waals surface area contributed by atoms with E-state index in [0.717, 1.165) is 25.3 Å². The minimum atomic E-state index is 0.270. The van der Waals surface area contributed by atoms with Gasteiger partial charge in [-0.3, -0.25) is 4.72 Å². The molecule has 0 radical (unpaired) electrons. The fraction of sp³-hybridized carbons (Fsp3) is 0.500. The molecule has 1 saturated heterocycles. The standard InChI is InChI=1S/C20H26N6OS/c1-13-11-25(9-8-21-13)18-10-15(28-24-20(3)6-7-20)12-26-16(18)4-5-17(26)19-23-22-14(2)27-19/h4-5,10,12-13,21,24H,6-9,11H2,1-3H3. The summed E-state index contributed by atoms with van der Waals surface area (Å²) in [6.45, 7) is 9.33. The second-order valence-corrected chi connectivity index (χ2v) is 9.11. The van der Waals surface area contributed by atoms with Crippen LogP contribution in [0.5, 0.6) is 0 Å². The molecule has 1 aliphatic heterocycles. The molecule has 2 fully saturated rings. The van der Waals surface area contributed by atoms with Crippen molar-refractivity contribution < 1.29 is 4.42 Å². The highest BCUT2D eigenvalue weighted by molar-refractivity contribution is 7.97. The monoisotopic (exact) mass is 398 g/mol. The first-order valence-electron chi connectivity index (χ1n) is 9.89. The van der Waals surface area contributed by atoms with Gasteiger partial charge in [-0.2, -0.15) is 0 Å². The number of hydrogen-bond acceptors (Lipinski definition) is 7. The molecule has 28 heavy (non-hydrogen) atoms. The fourth-order valence-corrected chi connectivity index (χ4v) is 4.57. The first kappa shape index (κ1) is 18.0. The summed E-state index contributed by atoms with van der Waals surface area (Å²) in [5, 5.41) is 11.8. The number of aromatic nitrogens is 3. The lowest BCUT2D eigenvalue weighted by atomic mass is 10.2. The van der Waals surface area contributed by atoms with Crippen LogP contribution >= 0.6 is 11.9 Å². The fourth-order valence-electron chi connectivity index (χ4n) is 3.68. The number of nitrogens with one attached hydrogen (secondary N) is 2. The molecule has 8 heteroatoms. The van der Waals surface area contributed by atoms with E-state index < -0.39 is 0 Å². The molecule has 3 aromatic heterocycles. The number of hydrogen-bond donors (Lipinski definition) is 2. The van der Waals surface area contributed by atoms with Crippen LogP contribution in [-0.2, 0) is 0 Å². The van der Waals surface area contributed by atoms with Crippen molar-refractivity contribution in [2.24, 2.45) is 0 Å². The van der Waals surface area contributed by atoms with E-state index in [1.807, 2.05) is 6.92 Å². The number of anilines is 1. The van der Waals surface area contributed by atoms with E-state index in [1.54, 1.807) is 11.9 Å². The van der Waals surface area contributed by atoms with E-state index in [4.69, 9.17) is 4.42 Å². The summed E-state index contributed by atoms with van der Waals surface area (Å²) >= 11 is 1.72. The Hall–Kier alpha value is -2.03. The third-order valence-corrected chi connectivity index (χ3v) is 6.64. The summed E-state index contributed by atoms with van der Waals surface area (Å²) in [6, 6.07) is 7.00. The third-order valence-electron chi connectivity index (χ3n) is 5.59. The summed E-state index contributed by atoms with van der Waals surface area (Å²) in [5.74, 6) is 1.14. The largest absolute Gasteiger partial charge is 0.420 e. The maximum atomic E-state index is 5.71. The molecule has 4 heterocycles. The van der Waals surface area contributed by atoms with Gasteiger partial charge in [0, 0.05) is 49.2 Å². The van der Waals surface area contributed by atoms with Crippen molar-refractivity contribution in [2.75, 3.05) is 24.5 Å². The Morgan fingerprint density at radius 3 is 2.89 bits per heavy atom. The summed E-state index contributed by atoms with van der Waals surface area (Å²) in [4.78, 5) is 3.66. The maximum Gasteiger partial charge on any atom is 0.264 e. The summed E-state index contributed by atoms with van der Waals surface area (Å²) in [7, 11) is 0. The molecule has 5 rings (SSSR count). The Morgan fingerprint density at radius 2 is 2.18 bits per heavy atom. The maximum absolute atomic E-state index is 5.71. The highest BCUT2D eigenvalue weighted by atomic mass is 32.2. The number of aryl methyl sites for hydroxylation is 1. The van der Waals surface area contributed by atoms with Crippen molar-refractivity contribution in [3.05, 3.63) is 30.3 Å². The van der Waals surface area contributed by atoms with Crippen LogP contribution in [0.3, 0.4) is 0 Å². The molecule has 2 N–H and O–H groups in total. The second-order valence-electron chi connectivity index (χ2n) is 8.23. The first-order chi connectivity index (χ1) is 13.5. The Labute approximate surface area is 169 Å². The molecule has 0 bridgehead atoms. The number of fused-ring (bicyclic) bond motifs is 1. The highest BCUT2D eigenvalue weighted by Gasteiger charge is 2.37. The van der Waals surface area contributed by atoms with E-state index in [-0.39, 0.29) is 5.54 Å². The Bertz CT molecular complexity index is 1010. The Kier molecular flexibility index (Phi) is 4.37. The van der Waals surface area contributed by atoms with Gasteiger partial charge in [0.2, 0.25) is 5.89 Å². The van der Waals surface area contributed by atoms with Crippen LogP contribution in [0.1, 0.15) is 32.6 Å². The van der Waals surface area contributed by atoms with E-state index in [2.05, 4.69) is 67.8 Å². The molecular formula is C20H26N6OS. The van der Waals surface area contributed by atoms with E-state index in [0.29, 0.717) is 17.8 Å². The molecule has 0 aromatic carbocycles. The van der Waals surface area contributed by atoms with Gasteiger partial charge in [0.1, 0.15) is 5.69 Å². The van der Waals surface area contributed by atoms with Gasteiger partial charge in [-0.05, 0) is 56.8 Å². The molecule has 0 spiro atoms. The molecule has 1 unspecified atom stereocenters. The zero-order chi connectivity index (χ0) is 19.3. The van der Waals surface area contributed by atoms with Crippen LogP contribution in [0, 0.1) is 6.92 Å². The number of nitrogens with zero attached hydrogens (tertiary/aromatic N) is 4. The Morgan fingerprint density at radius 1 is 1.32 bits per heavy atom. The van der Waals surface area contributed by atoms with Gasteiger partial charge in [0.05, 0.1) is 11.2 Å². The molecule has 2 aliphatic rings. The van der Waals surface area contributed by atoms with Crippen molar-refractivity contribution in [1.29, 1.82) is 0 Å². The van der Waals surface area contributed by atoms with Gasteiger partial charge in [0.15, 0.2) is 0 Å². The lowest BCUT2D eigenvalue weighted by Gasteiger charge is -2.34. The molecule has 1 atom stereocenters. The molecule has 1 aliphatic carbocycles. The molecular weight excluding hydrogens is 372 g/mol. The summed E-state index contributed by atoms with van der Waals surface area (Å²) in [5.41, 5.74) is 3.62. The van der Waals surface area contributed by atoms with E-state index in [1.165, 1.54) is 28.9 Å². The van der Waals surface area contributed by atoms with Gasteiger partial charge < -0.3 is 19.0 Å². The predicted molar refractivity (Wildman–Crippen MR) is 112 cm³/mol. The minimum Gasteiger partial charge on any atom is -0.420 e. The van der Waals surface area contributed by atoms with Crippen molar-refractivity contribution in [3.63, 3.8) is 0 Å². The lowest BCUT2D eigenvalue weighted by molar-refractivity contribution is 0.485. The van der Waals surface area contributed by atoms with Crippen molar-refractivity contribution in [1.82, 2.24) is 24.6 Å². The quantitative estimate of drug-likeness (QED) is 0.639. The highest BCUT2D eigenvalue weighted by Crippen LogP contribution is 2.39. The van der Waals surface area contributed by atoms with Crippen LogP contribution in [0.15, 0.2) is 33.7 Å². The normalized spacial score (nSPS) is 21.4. The van der Waals surface area contributed by atoms with Crippen LogP contribution in [0.25, 0.3) is 17.1 Å². The molecule has 148 valence electrons. The average molecular weight is 399 g/mol. The van der Waals surface area contributed by atoms with Crippen molar-refractivity contribution in [3.8, 4) is 11.6 Å². The third kappa shape index (κ3) is 3.40. The Balaban J connectivity index is 1.58. The molecule has 7 nitrogen and oxygen atoms in total. The molecule has 0 amide bonds. The smallest absolute Gasteiger partial charge is 0.264 e. The van der Waals surface area contributed by atoms with Crippen LogP contribution in [0.2, 0.25) is 0 Å². The van der Waals surface area contributed by atoms with Gasteiger partial charge in [-0.25, -0.2) is 0 Å². The molecule has 3 aromatic rings. The van der Waals surface area contributed by atoms with Crippen LogP contribution < -0.4 is 14.9 Å². The zero-order valence-corrected chi connectivity index (χ0v) is 17.3.